The molecule has 0 aliphatic heterocycles. The molecule has 1 fully saturated rings. The van der Waals surface area contributed by atoms with Crippen molar-refractivity contribution in [1.29, 1.82) is 0 Å². The number of benzene rings is 2. The molecule has 1 N–H and O–H groups in total. The highest BCUT2D eigenvalue weighted by molar-refractivity contribution is 9.10. The monoisotopic (exact) mass is 424 g/mol. The van der Waals surface area contributed by atoms with Crippen LogP contribution in [0.2, 0.25) is 0 Å². The first kappa shape index (κ1) is 17.9. The van der Waals surface area contributed by atoms with E-state index >= 15 is 0 Å². The molecule has 132 valence electrons. The van der Waals surface area contributed by atoms with Crippen molar-refractivity contribution in [3.63, 3.8) is 0 Å². The number of hydrogen-bond donors (Lipinski definition) is 1. The molecule has 0 spiro atoms. The molecule has 0 amide bonds. The van der Waals surface area contributed by atoms with Gasteiger partial charge in [-0.2, -0.15) is 0 Å². The van der Waals surface area contributed by atoms with Crippen LogP contribution < -0.4 is 5.32 Å². The lowest BCUT2D eigenvalue weighted by Gasteiger charge is -2.19. The van der Waals surface area contributed by atoms with Gasteiger partial charge in [-0.25, -0.2) is 8.42 Å². The summed E-state index contributed by atoms with van der Waals surface area (Å²) in [5.41, 5.74) is 1.33. The summed E-state index contributed by atoms with van der Waals surface area (Å²) < 4.78 is 25.0. The van der Waals surface area contributed by atoms with E-state index in [4.69, 9.17) is 0 Å². The third kappa shape index (κ3) is 3.85. The molecule has 25 heavy (non-hydrogen) atoms. The molecular formula is C17H17BrN2O4S. The van der Waals surface area contributed by atoms with Gasteiger partial charge in [0.25, 0.3) is 5.69 Å². The molecule has 0 saturated heterocycles. The van der Waals surface area contributed by atoms with Gasteiger partial charge in [-0.15, -0.1) is 0 Å². The standard InChI is InChI=1S/C17H17BrN2O4S/c1-25(23,24)16-10-14(20(21)22)5-6-15(16)19-11-17(7-8-17)12-3-2-4-13(18)9-12/h2-6,9-10,19H,7-8,11H2,1H3. The summed E-state index contributed by atoms with van der Waals surface area (Å²) in [6.45, 7) is 0.573. The van der Waals surface area contributed by atoms with Gasteiger partial charge in [-0.05, 0) is 36.6 Å². The van der Waals surface area contributed by atoms with Gasteiger partial charge in [-0.3, -0.25) is 10.1 Å². The number of nitro benzene ring substituents is 1. The van der Waals surface area contributed by atoms with Crippen LogP contribution in [0.1, 0.15) is 18.4 Å². The zero-order chi connectivity index (χ0) is 18.2. The molecule has 0 atom stereocenters. The molecule has 0 bridgehead atoms. The van der Waals surface area contributed by atoms with E-state index in [1.807, 2.05) is 12.1 Å². The fourth-order valence-corrected chi connectivity index (χ4v) is 4.15. The van der Waals surface area contributed by atoms with Gasteiger partial charge in [0, 0.05) is 34.8 Å². The summed E-state index contributed by atoms with van der Waals surface area (Å²) in [7, 11) is -3.58. The van der Waals surface area contributed by atoms with E-state index in [1.54, 1.807) is 0 Å². The predicted molar refractivity (Wildman–Crippen MR) is 99.7 cm³/mol. The minimum atomic E-state index is -3.58. The number of nitrogens with one attached hydrogen (secondary N) is 1. The Morgan fingerprint density at radius 1 is 1.24 bits per heavy atom. The Balaban J connectivity index is 1.87. The number of nitro groups is 1. The van der Waals surface area contributed by atoms with Crippen LogP contribution in [-0.4, -0.2) is 26.1 Å². The zero-order valence-electron chi connectivity index (χ0n) is 13.5. The number of anilines is 1. The quantitative estimate of drug-likeness (QED) is 0.560. The van der Waals surface area contributed by atoms with Gasteiger partial charge in [-0.1, -0.05) is 28.1 Å². The molecule has 6 nitrogen and oxygen atoms in total. The number of hydrogen-bond acceptors (Lipinski definition) is 5. The molecule has 0 heterocycles. The van der Waals surface area contributed by atoms with Crippen LogP contribution in [0.15, 0.2) is 51.8 Å². The Labute approximate surface area is 154 Å². The molecule has 0 unspecified atom stereocenters. The second-order valence-electron chi connectivity index (χ2n) is 6.35. The van der Waals surface area contributed by atoms with E-state index in [0.717, 1.165) is 29.6 Å². The van der Waals surface area contributed by atoms with Crippen molar-refractivity contribution in [1.82, 2.24) is 0 Å². The topological polar surface area (TPSA) is 89.3 Å². The van der Waals surface area contributed by atoms with E-state index < -0.39 is 14.8 Å². The summed E-state index contributed by atoms with van der Waals surface area (Å²) in [6.07, 6.45) is 3.08. The fourth-order valence-electron chi connectivity index (χ4n) is 2.88. The third-order valence-corrected chi connectivity index (χ3v) is 6.11. The SMILES string of the molecule is CS(=O)(=O)c1cc([N+](=O)[O-])ccc1NCC1(c2cccc(Br)c2)CC1. The smallest absolute Gasteiger partial charge is 0.270 e. The van der Waals surface area contributed by atoms with E-state index in [1.165, 1.54) is 17.7 Å². The maximum atomic E-state index is 12.0. The molecular weight excluding hydrogens is 408 g/mol. The normalized spacial score (nSPS) is 15.6. The van der Waals surface area contributed by atoms with Gasteiger partial charge < -0.3 is 5.32 Å². The second kappa shape index (κ2) is 6.42. The van der Waals surface area contributed by atoms with E-state index in [9.17, 15) is 18.5 Å². The lowest BCUT2D eigenvalue weighted by atomic mass is 9.96. The van der Waals surface area contributed by atoms with Crippen molar-refractivity contribution >= 4 is 37.1 Å². The van der Waals surface area contributed by atoms with Crippen molar-refractivity contribution in [2.45, 2.75) is 23.2 Å². The van der Waals surface area contributed by atoms with Crippen molar-refractivity contribution < 1.29 is 13.3 Å². The van der Waals surface area contributed by atoms with Gasteiger partial charge >= 0.3 is 0 Å². The molecule has 1 aliphatic rings. The van der Waals surface area contributed by atoms with Crippen LogP contribution in [0, 0.1) is 10.1 Å². The van der Waals surface area contributed by atoms with E-state index in [-0.39, 0.29) is 16.0 Å². The maximum absolute atomic E-state index is 12.0. The van der Waals surface area contributed by atoms with Crippen molar-refractivity contribution in [2.75, 3.05) is 18.1 Å². The first-order chi connectivity index (χ1) is 11.7. The summed E-state index contributed by atoms with van der Waals surface area (Å²) in [5.74, 6) is 0. The maximum Gasteiger partial charge on any atom is 0.270 e. The van der Waals surface area contributed by atoms with Crippen molar-refractivity contribution in [3.8, 4) is 0 Å². The van der Waals surface area contributed by atoms with Crippen LogP contribution in [0.5, 0.6) is 0 Å². The Bertz CT molecular complexity index is 939. The van der Waals surface area contributed by atoms with Crippen LogP contribution in [0.25, 0.3) is 0 Å². The van der Waals surface area contributed by atoms with Crippen molar-refractivity contribution in [2.24, 2.45) is 0 Å². The Morgan fingerprint density at radius 2 is 1.96 bits per heavy atom. The lowest BCUT2D eigenvalue weighted by molar-refractivity contribution is -0.385. The van der Waals surface area contributed by atoms with Gasteiger partial charge in [0.05, 0.1) is 15.5 Å². The molecule has 2 aromatic carbocycles. The van der Waals surface area contributed by atoms with Crippen LogP contribution in [-0.2, 0) is 15.3 Å². The van der Waals surface area contributed by atoms with Crippen LogP contribution in [0.3, 0.4) is 0 Å². The first-order valence-electron chi connectivity index (χ1n) is 7.70. The Hall–Kier alpha value is -1.93. The number of halogens is 1. The molecule has 3 rings (SSSR count). The Kier molecular flexibility index (Phi) is 4.59. The highest BCUT2D eigenvalue weighted by atomic mass is 79.9. The fraction of sp³-hybridized carbons (Fsp3) is 0.294. The lowest BCUT2D eigenvalue weighted by Crippen LogP contribution is -2.20. The van der Waals surface area contributed by atoms with E-state index in [0.29, 0.717) is 12.2 Å². The summed E-state index contributed by atoms with van der Waals surface area (Å²) in [6, 6.07) is 12.0. The van der Waals surface area contributed by atoms with E-state index in [2.05, 4.69) is 33.4 Å². The highest BCUT2D eigenvalue weighted by Gasteiger charge is 2.44. The van der Waals surface area contributed by atoms with Gasteiger partial charge in [0.1, 0.15) is 0 Å². The van der Waals surface area contributed by atoms with Crippen LogP contribution in [0.4, 0.5) is 11.4 Å². The summed E-state index contributed by atoms with van der Waals surface area (Å²) >= 11 is 3.47. The first-order valence-corrected chi connectivity index (χ1v) is 10.4. The molecule has 0 radical (unpaired) electrons. The average molecular weight is 425 g/mol. The molecule has 2 aromatic rings. The van der Waals surface area contributed by atoms with Gasteiger partial charge in [0.2, 0.25) is 0 Å². The van der Waals surface area contributed by atoms with Crippen LogP contribution >= 0.6 is 15.9 Å². The average Bonchev–Trinajstić information content (AvgIpc) is 3.33. The highest BCUT2D eigenvalue weighted by Crippen LogP contribution is 2.48. The largest absolute Gasteiger partial charge is 0.383 e. The number of rotatable bonds is 6. The second-order valence-corrected chi connectivity index (χ2v) is 9.25. The number of nitrogens with zero attached hydrogens (tertiary/aromatic N) is 1. The van der Waals surface area contributed by atoms with Gasteiger partial charge in [0.15, 0.2) is 9.84 Å². The molecule has 1 saturated carbocycles. The Morgan fingerprint density at radius 3 is 2.52 bits per heavy atom. The number of sulfone groups is 1. The minimum Gasteiger partial charge on any atom is -0.383 e. The summed E-state index contributed by atoms with van der Waals surface area (Å²) in [4.78, 5) is 10.3. The summed E-state index contributed by atoms with van der Waals surface area (Å²) in [5, 5.41) is 14.1. The predicted octanol–water partition coefficient (Wildman–Crippen LogP) is 3.90. The molecule has 1 aliphatic carbocycles. The minimum absolute atomic E-state index is 0.0275. The molecule has 0 aromatic heterocycles. The van der Waals surface area contributed by atoms with Crippen molar-refractivity contribution in [3.05, 3.63) is 62.6 Å². The number of non-ortho nitro benzene ring substituents is 1. The molecule has 8 heteroatoms. The zero-order valence-corrected chi connectivity index (χ0v) is 15.9. The third-order valence-electron chi connectivity index (χ3n) is 4.48.